The number of esters is 2. The number of benzene rings is 7. The van der Waals surface area contributed by atoms with Gasteiger partial charge >= 0.3 is 11.9 Å². The molecule has 75 heavy (non-hydrogen) atoms. The van der Waals surface area contributed by atoms with Gasteiger partial charge in [-0.1, -0.05) is 140 Å². The molecule has 5 atom stereocenters. The van der Waals surface area contributed by atoms with Crippen molar-refractivity contribution >= 4 is 22.9 Å². The Hall–Kier alpha value is -8.75. The van der Waals surface area contributed by atoms with Crippen LogP contribution in [0.2, 0.25) is 0 Å². The van der Waals surface area contributed by atoms with Gasteiger partial charge in [-0.2, -0.15) is 0 Å². The zero-order valence-electron chi connectivity index (χ0n) is 40.9. The highest BCUT2D eigenvalue weighted by atomic mass is 16.7. The lowest BCUT2D eigenvalue weighted by Gasteiger charge is -2.44. The standard InChI is InChI=1S/C62H54O13/c1-3-34-66-41-52-56(73-60(64)46-26-16-8-17-27-46)58(67-35-4-2)59(74-61(65)47-28-18-9-19-29-47)62(72-52)75-57-54(63)53-50(70-40-44-24-14-7-15-25-44)36-49(69-39-43-22-12-6-13-23-43)37-51(53)71-55(57)45-30-32-48(33-31-45)68-38-42-20-10-5-11-21-42/h3-33,36-37,52,56,58-59,62H,1-2,34-35,38-41H2/t52-,56-,58+,59-,62+/m1/s1. The van der Waals surface area contributed by atoms with E-state index < -0.39 is 48.1 Å². The van der Waals surface area contributed by atoms with Gasteiger partial charge in [0, 0.05) is 17.7 Å². The second-order valence-electron chi connectivity index (χ2n) is 17.3. The quantitative estimate of drug-likeness (QED) is 0.0340. The van der Waals surface area contributed by atoms with Crippen molar-refractivity contribution in [3.8, 4) is 34.3 Å². The van der Waals surface area contributed by atoms with Crippen molar-refractivity contribution in [3.63, 3.8) is 0 Å². The van der Waals surface area contributed by atoms with Crippen molar-refractivity contribution < 1.29 is 56.6 Å². The summed E-state index contributed by atoms with van der Waals surface area (Å²) in [4.78, 5) is 43.8. The summed E-state index contributed by atoms with van der Waals surface area (Å²) in [5, 5.41) is 0.0215. The van der Waals surface area contributed by atoms with Gasteiger partial charge in [0.25, 0.3) is 0 Å². The monoisotopic (exact) mass is 1010 g/mol. The molecule has 1 aliphatic heterocycles. The highest BCUT2D eigenvalue weighted by molar-refractivity contribution is 5.91. The van der Waals surface area contributed by atoms with E-state index in [1.54, 1.807) is 103 Å². The normalized spacial score (nSPS) is 17.0. The second-order valence-corrected chi connectivity index (χ2v) is 17.3. The summed E-state index contributed by atoms with van der Waals surface area (Å²) >= 11 is 0. The third-order valence-electron chi connectivity index (χ3n) is 12.0. The van der Waals surface area contributed by atoms with E-state index in [1.165, 1.54) is 6.08 Å². The fourth-order valence-electron chi connectivity index (χ4n) is 8.32. The molecule has 1 fully saturated rings. The molecule has 8 aromatic rings. The summed E-state index contributed by atoms with van der Waals surface area (Å²) in [6.07, 6.45) is -3.84. The zero-order valence-corrected chi connectivity index (χ0v) is 40.9. The summed E-state index contributed by atoms with van der Waals surface area (Å²) in [5.41, 5.74) is 3.04. The Bertz CT molecular complexity index is 3200. The maximum atomic E-state index is 15.7. The van der Waals surface area contributed by atoms with Gasteiger partial charge in [-0.15, -0.1) is 13.2 Å². The van der Waals surface area contributed by atoms with E-state index in [0.29, 0.717) is 23.7 Å². The minimum absolute atomic E-state index is 0.0197. The minimum atomic E-state index is -1.65. The molecule has 1 aromatic heterocycles. The molecule has 380 valence electrons. The van der Waals surface area contributed by atoms with Crippen molar-refractivity contribution in [2.75, 3.05) is 19.8 Å². The van der Waals surface area contributed by atoms with Crippen LogP contribution in [0.4, 0.5) is 0 Å². The van der Waals surface area contributed by atoms with Crippen LogP contribution in [0.15, 0.2) is 223 Å². The molecule has 0 spiro atoms. The second kappa shape index (κ2) is 25.3. The average Bonchev–Trinajstić information content (AvgIpc) is 3.47. The third-order valence-corrected chi connectivity index (χ3v) is 12.0. The van der Waals surface area contributed by atoms with Crippen LogP contribution in [-0.2, 0) is 43.5 Å². The summed E-state index contributed by atoms with van der Waals surface area (Å²) in [7, 11) is 0. The Labute approximate surface area is 434 Å². The number of rotatable bonds is 23. The molecule has 0 saturated carbocycles. The average molecular weight is 1010 g/mol. The van der Waals surface area contributed by atoms with Crippen molar-refractivity contribution in [2.45, 2.75) is 50.5 Å². The molecule has 1 aliphatic rings. The van der Waals surface area contributed by atoms with Crippen molar-refractivity contribution in [2.24, 2.45) is 0 Å². The van der Waals surface area contributed by atoms with Crippen LogP contribution in [0.25, 0.3) is 22.3 Å². The molecule has 0 radical (unpaired) electrons. The first-order valence-corrected chi connectivity index (χ1v) is 24.4. The summed E-state index contributed by atoms with van der Waals surface area (Å²) in [6.45, 7) is 8.07. The number of carbonyl (C=O) groups excluding carboxylic acids is 2. The van der Waals surface area contributed by atoms with Gasteiger partial charge in [0.15, 0.2) is 18.0 Å². The Morgan fingerprint density at radius 1 is 0.547 bits per heavy atom. The zero-order chi connectivity index (χ0) is 51.8. The lowest BCUT2D eigenvalue weighted by molar-refractivity contribution is -0.284. The van der Waals surface area contributed by atoms with Gasteiger partial charge in [-0.05, 0) is 65.2 Å². The van der Waals surface area contributed by atoms with Crippen LogP contribution in [0.1, 0.15) is 37.4 Å². The lowest BCUT2D eigenvalue weighted by Crippen LogP contribution is -2.63. The van der Waals surface area contributed by atoms with Gasteiger partial charge in [0.1, 0.15) is 60.2 Å². The van der Waals surface area contributed by atoms with Crippen molar-refractivity contribution in [3.05, 3.63) is 251 Å². The Balaban J connectivity index is 1.18. The summed E-state index contributed by atoms with van der Waals surface area (Å²) < 4.78 is 64.3. The van der Waals surface area contributed by atoms with E-state index in [9.17, 15) is 9.59 Å². The summed E-state index contributed by atoms with van der Waals surface area (Å²) in [6, 6.07) is 55.8. The predicted molar refractivity (Wildman–Crippen MR) is 282 cm³/mol. The molecule has 0 unspecified atom stereocenters. The molecule has 1 saturated heterocycles. The smallest absolute Gasteiger partial charge is 0.338 e. The molecular formula is C62H54O13. The predicted octanol–water partition coefficient (Wildman–Crippen LogP) is 11.5. The van der Waals surface area contributed by atoms with Crippen molar-refractivity contribution in [1.82, 2.24) is 0 Å². The summed E-state index contributed by atoms with van der Waals surface area (Å²) in [5.74, 6) is -0.786. The topological polar surface area (TPSA) is 147 Å². The molecule has 0 aliphatic carbocycles. The Kier molecular flexibility index (Phi) is 17.2. The molecule has 0 bridgehead atoms. The van der Waals surface area contributed by atoms with E-state index in [2.05, 4.69) is 13.2 Å². The molecule has 0 amide bonds. The third kappa shape index (κ3) is 13.1. The van der Waals surface area contributed by atoms with E-state index in [1.807, 2.05) is 91.0 Å². The molecule has 9 rings (SSSR count). The maximum Gasteiger partial charge on any atom is 0.338 e. The maximum absolute atomic E-state index is 15.7. The number of fused-ring (bicyclic) bond motifs is 1. The minimum Gasteiger partial charge on any atom is -0.489 e. The number of carbonyl (C=O) groups is 2. The van der Waals surface area contributed by atoms with E-state index >= 15 is 4.79 Å². The Morgan fingerprint density at radius 3 is 1.60 bits per heavy atom. The van der Waals surface area contributed by atoms with Gasteiger partial charge in [0.05, 0.1) is 30.9 Å². The van der Waals surface area contributed by atoms with Crippen molar-refractivity contribution in [1.29, 1.82) is 0 Å². The molecule has 7 aromatic carbocycles. The van der Waals surface area contributed by atoms with Crippen LogP contribution in [-0.4, -0.2) is 62.5 Å². The largest absolute Gasteiger partial charge is 0.489 e. The van der Waals surface area contributed by atoms with E-state index in [-0.39, 0.29) is 72.4 Å². The Morgan fingerprint density at radius 2 is 1.05 bits per heavy atom. The number of hydrogen-bond acceptors (Lipinski definition) is 13. The first-order valence-electron chi connectivity index (χ1n) is 24.4. The van der Waals surface area contributed by atoms with Crippen LogP contribution in [0.3, 0.4) is 0 Å². The highest BCUT2D eigenvalue weighted by Gasteiger charge is 2.53. The SMILES string of the molecule is C=CCOC[C@H]1O[C@@H](Oc2c(-c3ccc(OCc4ccccc4)cc3)oc3cc(OCc4ccccc4)cc(OCc4ccccc4)c3c2=O)[C@H](OC(=O)c2ccccc2)[C@@H](OCC=C)[C@@H]1OC(=O)c1ccccc1. The van der Waals surface area contributed by atoms with Gasteiger partial charge in [0.2, 0.25) is 17.5 Å². The molecule has 0 N–H and O–H groups in total. The van der Waals surface area contributed by atoms with Gasteiger partial charge in [-0.3, -0.25) is 4.79 Å². The fraction of sp³-hybridized carbons (Fsp3) is 0.177. The lowest BCUT2D eigenvalue weighted by atomic mass is 9.97. The number of ether oxygens (including phenoxy) is 9. The first kappa shape index (κ1) is 51.2. The van der Waals surface area contributed by atoms with Crippen LogP contribution in [0, 0.1) is 0 Å². The van der Waals surface area contributed by atoms with Crippen LogP contribution < -0.4 is 24.4 Å². The highest BCUT2D eigenvalue weighted by Crippen LogP contribution is 2.40. The molecule has 13 heteroatoms. The van der Waals surface area contributed by atoms with E-state index in [4.69, 9.17) is 47.0 Å². The fourth-order valence-corrected chi connectivity index (χ4v) is 8.32. The van der Waals surface area contributed by atoms with Gasteiger partial charge < -0.3 is 47.0 Å². The number of hydrogen-bond donors (Lipinski definition) is 0. The van der Waals surface area contributed by atoms with E-state index in [0.717, 1.165) is 16.7 Å². The van der Waals surface area contributed by atoms with Crippen LogP contribution in [0.5, 0.6) is 23.0 Å². The molecule has 2 heterocycles. The van der Waals surface area contributed by atoms with Gasteiger partial charge in [-0.25, -0.2) is 9.59 Å². The first-order chi connectivity index (χ1) is 36.8. The molecule has 13 nitrogen and oxygen atoms in total. The van der Waals surface area contributed by atoms with Crippen LogP contribution >= 0.6 is 0 Å². The molecular weight excluding hydrogens is 953 g/mol.